The van der Waals surface area contributed by atoms with Crippen LogP contribution in [0.1, 0.15) is 172 Å². The summed E-state index contributed by atoms with van der Waals surface area (Å²) in [5.74, 6) is 3.45. The largest absolute Gasteiger partial charge is 0.463 e. The lowest BCUT2D eigenvalue weighted by molar-refractivity contribution is -0.225. The van der Waals surface area contributed by atoms with Crippen LogP contribution >= 0.6 is 0 Å². The first-order chi connectivity index (χ1) is 24.6. The van der Waals surface area contributed by atoms with Crippen molar-refractivity contribution < 1.29 is 43.2 Å². The van der Waals surface area contributed by atoms with Gasteiger partial charge >= 0.3 is 23.9 Å². The molecule has 3 unspecified atom stereocenters. The van der Waals surface area contributed by atoms with Crippen molar-refractivity contribution in [2.45, 2.75) is 195 Å². The Bertz CT molecular complexity index is 1320. The molecule has 0 aromatic carbocycles. The summed E-state index contributed by atoms with van der Waals surface area (Å²) in [7, 11) is 0. The molecule has 8 saturated carbocycles. The van der Waals surface area contributed by atoms with Gasteiger partial charge in [0.15, 0.2) is 0 Å². The van der Waals surface area contributed by atoms with Crippen molar-refractivity contribution in [1.29, 1.82) is 0 Å². The second kappa shape index (κ2) is 15.4. The molecule has 1 N–H and O–H groups in total. The van der Waals surface area contributed by atoms with Crippen LogP contribution in [0.4, 0.5) is 0 Å². The van der Waals surface area contributed by atoms with Crippen molar-refractivity contribution in [1.82, 2.24) is 0 Å². The fourth-order valence-corrected chi connectivity index (χ4v) is 11.0. The molecule has 9 aliphatic rings. The van der Waals surface area contributed by atoms with E-state index in [1.54, 1.807) is 13.8 Å². The monoisotopic (exact) mass is 745 g/mol. The van der Waals surface area contributed by atoms with Crippen LogP contribution in [0.25, 0.3) is 0 Å². The lowest BCUT2D eigenvalue weighted by atomic mass is 9.49. The average molecular weight is 745 g/mol. The number of carbonyl (C=O) groups is 4. The van der Waals surface area contributed by atoms with E-state index in [2.05, 4.69) is 13.8 Å². The van der Waals surface area contributed by atoms with Crippen LogP contribution in [-0.2, 0) is 38.1 Å². The Morgan fingerprint density at radius 2 is 1.13 bits per heavy atom. The third-order valence-electron chi connectivity index (χ3n) is 15.1. The molecule has 0 aromatic heterocycles. The Kier molecular flexibility index (Phi) is 12.2. The van der Waals surface area contributed by atoms with Crippen LogP contribution in [0.15, 0.2) is 0 Å². The molecule has 1 aliphatic heterocycles. The van der Waals surface area contributed by atoms with Gasteiger partial charge in [-0.2, -0.15) is 0 Å². The minimum absolute atomic E-state index is 0.0364. The van der Waals surface area contributed by atoms with E-state index in [1.807, 2.05) is 41.5 Å². The third kappa shape index (κ3) is 8.80. The van der Waals surface area contributed by atoms with Gasteiger partial charge in [0, 0.05) is 12.8 Å². The third-order valence-corrected chi connectivity index (χ3v) is 15.1. The number of rotatable bonds is 10. The standard InChI is InChI=1S/C18H30O2.C16H26O3.C10H16O4/c1-5-17(3,4)16(19)20-18(6-2)14-8-12-7-13(10-14)11-15(18)9-12;1-4-14(2,3)13(17)19-16-8-11-5-12(9-16)7-15(18,6-11)10-16;1-4-10(2,3)9(12)14-7-5-6-13-8(7)11/h12-15H,5-11H2,1-4H3;11-12,18H,4-10H2,1-3H3;7H,4-6H2,1-3H3. The second-order valence-electron chi connectivity index (χ2n) is 20.3. The molecule has 9 nitrogen and oxygen atoms in total. The summed E-state index contributed by atoms with van der Waals surface area (Å²) in [5, 5.41) is 10.6. The fourth-order valence-electron chi connectivity index (χ4n) is 11.0. The van der Waals surface area contributed by atoms with Crippen molar-refractivity contribution >= 4 is 23.9 Å². The highest BCUT2D eigenvalue weighted by Gasteiger charge is 2.60. The summed E-state index contributed by atoms with van der Waals surface area (Å²) in [6.07, 6.45) is 15.5. The van der Waals surface area contributed by atoms with Gasteiger partial charge in [0.1, 0.15) is 11.2 Å². The van der Waals surface area contributed by atoms with Crippen molar-refractivity contribution in [3.05, 3.63) is 0 Å². The molecule has 9 rings (SSSR count). The molecule has 9 fully saturated rings. The lowest BCUT2D eigenvalue weighted by Crippen LogP contribution is -2.61. The van der Waals surface area contributed by atoms with Crippen LogP contribution in [-0.4, -0.2) is 58.5 Å². The molecule has 0 spiro atoms. The van der Waals surface area contributed by atoms with E-state index in [0.29, 0.717) is 49.5 Å². The predicted octanol–water partition coefficient (Wildman–Crippen LogP) is 8.90. The van der Waals surface area contributed by atoms with E-state index >= 15 is 0 Å². The highest BCUT2D eigenvalue weighted by Crippen LogP contribution is 2.61. The summed E-state index contributed by atoms with van der Waals surface area (Å²) in [6, 6.07) is 0. The molecule has 0 aromatic rings. The maximum Gasteiger partial charge on any atom is 0.347 e. The Balaban J connectivity index is 0.000000156. The smallest absolute Gasteiger partial charge is 0.347 e. The summed E-state index contributed by atoms with van der Waals surface area (Å²) in [4.78, 5) is 47.6. The van der Waals surface area contributed by atoms with Gasteiger partial charge in [0.2, 0.25) is 6.10 Å². The van der Waals surface area contributed by atoms with E-state index in [1.165, 1.54) is 38.5 Å². The predicted molar refractivity (Wildman–Crippen MR) is 202 cm³/mol. The maximum absolute atomic E-state index is 12.6. The van der Waals surface area contributed by atoms with E-state index < -0.39 is 28.5 Å². The average Bonchev–Trinajstić information content (AvgIpc) is 3.48. The molecule has 0 amide bonds. The van der Waals surface area contributed by atoms with E-state index in [9.17, 15) is 24.3 Å². The van der Waals surface area contributed by atoms with E-state index in [-0.39, 0.29) is 34.5 Å². The molecule has 8 bridgehead atoms. The minimum Gasteiger partial charge on any atom is -0.463 e. The van der Waals surface area contributed by atoms with Crippen molar-refractivity contribution in [2.24, 2.45) is 51.8 Å². The number of hydrogen-bond donors (Lipinski definition) is 1. The molecule has 9 heteroatoms. The van der Waals surface area contributed by atoms with Crippen LogP contribution in [0.5, 0.6) is 0 Å². The number of esters is 4. The Morgan fingerprint density at radius 1 is 0.679 bits per heavy atom. The Hall–Kier alpha value is -2.16. The second-order valence-corrected chi connectivity index (χ2v) is 20.3. The minimum atomic E-state index is -0.687. The molecule has 3 atom stereocenters. The van der Waals surface area contributed by atoms with Gasteiger partial charge in [-0.05, 0) is 167 Å². The van der Waals surface area contributed by atoms with E-state index in [4.69, 9.17) is 18.9 Å². The van der Waals surface area contributed by atoms with E-state index in [0.717, 1.165) is 56.8 Å². The van der Waals surface area contributed by atoms with Crippen molar-refractivity contribution in [2.75, 3.05) is 6.61 Å². The van der Waals surface area contributed by atoms with Gasteiger partial charge in [-0.15, -0.1) is 0 Å². The van der Waals surface area contributed by atoms with Crippen LogP contribution in [0, 0.1) is 51.8 Å². The highest BCUT2D eigenvalue weighted by molar-refractivity contribution is 5.82. The van der Waals surface area contributed by atoms with Crippen molar-refractivity contribution in [3.8, 4) is 0 Å². The molecular formula is C44H72O9. The van der Waals surface area contributed by atoms with Gasteiger partial charge in [-0.1, -0.05) is 27.7 Å². The molecular weight excluding hydrogens is 672 g/mol. The topological polar surface area (TPSA) is 125 Å². The zero-order valence-corrected chi connectivity index (χ0v) is 34.8. The van der Waals surface area contributed by atoms with Gasteiger partial charge in [0.25, 0.3) is 0 Å². The summed E-state index contributed by atoms with van der Waals surface area (Å²) < 4.78 is 22.0. The number of aliphatic hydroxyl groups is 1. The molecule has 1 saturated heterocycles. The van der Waals surface area contributed by atoms with Gasteiger partial charge in [0.05, 0.1) is 28.5 Å². The molecule has 8 aliphatic carbocycles. The summed E-state index contributed by atoms with van der Waals surface area (Å²) in [5.41, 5.74) is -2.31. The molecule has 53 heavy (non-hydrogen) atoms. The highest BCUT2D eigenvalue weighted by atomic mass is 16.6. The Morgan fingerprint density at radius 3 is 1.55 bits per heavy atom. The number of hydrogen-bond acceptors (Lipinski definition) is 9. The quantitative estimate of drug-likeness (QED) is 0.172. The van der Waals surface area contributed by atoms with Crippen LogP contribution in [0.2, 0.25) is 0 Å². The first kappa shape index (κ1) is 42.0. The van der Waals surface area contributed by atoms with Gasteiger partial charge in [-0.3, -0.25) is 14.4 Å². The summed E-state index contributed by atoms with van der Waals surface area (Å²) in [6.45, 7) is 20.1. The number of carbonyl (C=O) groups excluding carboxylic acids is 4. The SMILES string of the molecule is CCC(C)(C)C(=O)OC1(CC)C2CC3CC(C2)CC1C3.CCC(C)(C)C(=O)OC12CC3CC(CC(O)(C3)C1)C2.CCC(C)(C)C(=O)OC1CCOC1=O. The fraction of sp³-hybridized carbons (Fsp3) is 0.909. The molecule has 302 valence electrons. The first-order valence-corrected chi connectivity index (χ1v) is 21.2. The van der Waals surface area contributed by atoms with Crippen molar-refractivity contribution in [3.63, 3.8) is 0 Å². The molecule has 1 heterocycles. The number of cyclic esters (lactones) is 1. The van der Waals surface area contributed by atoms with Crippen LogP contribution in [0.3, 0.4) is 0 Å². The first-order valence-electron chi connectivity index (χ1n) is 21.2. The number of ether oxygens (including phenoxy) is 4. The van der Waals surface area contributed by atoms with Gasteiger partial charge in [-0.25, -0.2) is 4.79 Å². The zero-order chi connectivity index (χ0) is 39.2. The van der Waals surface area contributed by atoms with Crippen LogP contribution < -0.4 is 0 Å². The van der Waals surface area contributed by atoms with Gasteiger partial charge < -0.3 is 24.1 Å². The maximum atomic E-state index is 12.6. The normalized spacial score (nSPS) is 37.9. The zero-order valence-electron chi connectivity index (χ0n) is 34.8. The lowest BCUT2D eigenvalue weighted by Gasteiger charge is -2.60. The Labute approximate surface area is 319 Å². The summed E-state index contributed by atoms with van der Waals surface area (Å²) >= 11 is 0. The molecule has 0 radical (unpaired) electrons.